The number of methoxy groups -OCH3 is 1. The summed E-state index contributed by atoms with van der Waals surface area (Å²) < 4.78 is 7.22. The Hall–Kier alpha value is -4.16. The lowest BCUT2D eigenvalue weighted by atomic mass is 10.1. The number of nitrogens with zero attached hydrogens (tertiary/aromatic N) is 4. The second-order valence-electron chi connectivity index (χ2n) is 9.75. The Bertz CT molecular complexity index is 1430. The van der Waals surface area contributed by atoms with Gasteiger partial charge in [-0.05, 0) is 49.2 Å². The number of hydrogen-bond donors (Lipinski definition) is 0. The Morgan fingerprint density at radius 2 is 1.71 bits per heavy atom. The lowest BCUT2D eigenvalue weighted by molar-refractivity contribution is 0.0641. The molecule has 0 spiro atoms. The molecule has 1 amide bonds. The van der Waals surface area contributed by atoms with Crippen LogP contribution < -0.4 is 4.74 Å². The lowest BCUT2D eigenvalue weighted by Gasteiger charge is -2.34. The third-order valence-electron chi connectivity index (χ3n) is 7.01. The van der Waals surface area contributed by atoms with E-state index in [1.54, 1.807) is 11.8 Å². The normalized spacial score (nSPS) is 14.2. The van der Waals surface area contributed by atoms with Crippen molar-refractivity contribution >= 4 is 12.0 Å². The van der Waals surface area contributed by atoms with E-state index in [1.807, 2.05) is 59.5 Å². The maximum atomic E-state index is 13.9. The second kappa shape index (κ2) is 11.5. The SMILES string of the molecule is COc1cccc(-c2cc(C(=O)N3CCN(CC=Cc4ccccc4)CC3)n(-c3ccc(C)cc3C)n2)c1. The first-order valence-corrected chi connectivity index (χ1v) is 13.1. The van der Waals surface area contributed by atoms with E-state index >= 15 is 0 Å². The minimum Gasteiger partial charge on any atom is -0.497 e. The highest BCUT2D eigenvalue weighted by molar-refractivity contribution is 5.94. The maximum absolute atomic E-state index is 13.9. The standard InChI is InChI=1S/C32H34N4O2/c1-24-14-15-30(25(2)21-24)36-31(23-29(33-36)27-12-7-13-28(22-27)38-3)32(37)35-19-17-34(18-20-35)16-8-11-26-9-5-4-6-10-26/h4-15,21-23H,16-20H2,1-3H3. The second-order valence-corrected chi connectivity index (χ2v) is 9.75. The zero-order valence-electron chi connectivity index (χ0n) is 22.3. The van der Waals surface area contributed by atoms with Gasteiger partial charge in [-0.15, -0.1) is 0 Å². The molecule has 3 aromatic carbocycles. The van der Waals surface area contributed by atoms with Crippen molar-refractivity contribution in [2.24, 2.45) is 0 Å². The van der Waals surface area contributed by atoms with Crippen LogP contribution in [0, 0.1) is 13.8 Å². The highest BCUT2D eigenvalue weighted by Crippen LogP contribution is 2.27. The van der Waals surface area contributed by atoms with Crippen molar-refractivity contribution in [1.82, 2.24) is 19.6 Å². The Labute approximate surface area is 224 Å². The van der Waals surface area contributed by atoms with E-state index in [2.05, 4.69) is 55.2 Å². The fourth-order valence-corrected chi connectivity index (χ4v) is 4.88. The number of aryl methyl sites for hydroxylation is 2. The molecule has 1 aliphatic heterocycles. The molecule has 5 rings (SSSR count). The quantitative estimate of drug-likeness (QED) is 0.326. The van der Waals surface area contributed by atoms with Crippen LogP contribution in [0.2, 0.25) is 0 Å². The van der Waals surface area contributed by atoms with E-state index in [1.165, 1.54) is 11.1 Å². The zero-order valence-corrected chi connectivity index (χ0v) is 22.3. The molecule has 1 fully saturated rings. The van der Waals surface area contributed by atoms with Gasteiger partial charge in [-0.25, -0.2) is 4.68 Å². The number of rotatable bonds is 7. The van der Waals surface area contributed by atoms with Gasteiger partial charge in [-0.2, -0.15) is 5.10 Å². The molecule has 6 nitrogen and oxygen atoms in total. The molecule has 0 atom stereocenters. The minimum absolute atomic E-state index is 0.00565. The van der Waals surface area contributed by atoms with Gasteiger partial charge < -0.3 is 9.64 Å². The molecular formula is C32H34N4O2. The summed E-state index contributed by atoms with van der Waals surface area (Å²) >= 11 is 0. The van der Waals surface area contributed by atoms with E-state index in [0.29, 0.717) is 18.8 Å². The minimum atomic E-state index is 0.00565. The van der Waals surface area contributed by atoms with E-state index in [-0.39, 0.29) is 5.91 Å². The van der Waals surface area contributed by atoms with Gasteiger partial charge in [0.25, 0.3) is 5.91 Å². The molecule has 4 aromatic rings. The summed E-state index contributed by atoms with van der Waals surface area (Å²) in [6, 6.07) is 26.3. The van der Waals surface area contributed by atoms with Crippen molar-refractivity contribution in [1.29, 1.82) is 0 Å². The summed E-state index contributed by atoms with van der Waals surface area (Å²) in [6.07, 6.45) is 4.35. The Morgan fingerprint density at radius 1 is 0.921 bits per heavy atom. The topological polar surface area (TPSA) is 50.6 Å². The van der Waals surface area contributed by atoms with Crippen LogP contribution in [0.5, 0.6) is 5.75 Å². The highest BCUT2D eigenvalue weighted by atomic mass is 16.5. The van der Waals surface area contributed by atoms with Crippen LogP contribution in [0.4, 0.5) is 0 Å². The fraction of sp³-hybridized carbons (Fsp3) is 0.250. The third-order valence-corrected chi connectivity index (χ3v) is 7.01. The Kier molecular flexibility index (Phi) is 7.70. The summed E-state index contributed by atoms with van der Waals surface area (Å²) in [6.45, 7) is 8.05. The monoisotopic (exact) mass is 506 g/mol. The fourth-order valence-electron chi connectivity index (χ4n) is 4.88. The first kappa shape index (κ1) is 25.5. The van der Waals surface area contributed by atoms with Gasteiger partial charge >= 0.3 is 0 Å². The number of amides is 1. The van der Waals surface area contributed by atoms with E-state index in [4.69, 9.17) is 9.84 Å². The molecule has 1 saturated heterocycles. The summed E-state index contributed by atoms with van der Waals surface area (Å²) in [4.78, 5) is 18.2. The first-order valence-electron chi connectivity index (χ1n) is 13.1. The average Bonchev–Trinajstić information content (AvgIpc) is 3.39. The van der Waals surface area contributed by atoms with Crippen molar-refractivity contribution in [3.63, 3.8) is 0 Å². The largest absolute Gasteiger partial charge is 0.497 e. The Morgan fingerprint density at radius 3 is 2.45 bits per heavy atom. The molecule has 0 unspecified atom stereocenters. The maximum Gasteiger partial charge on any atom is 0.272 e. The number of hydrogen-bond acceptors (Lipinski definition) is 4. The van der Waals surface area contributed by atoms with Crippen molar-refractivity contribution < 1.29 is 9.53 Å². The molecule has 1 aromatic heterocycles. The summed E-state index contributed by atoms with van der Waals surface area (Å²) in [7, 11) is 1.65. The Balaban J connectivity index is 1.36. The van der Waals surface area contributed by atoms with Crippen molar-refractivity contribution in [3.05, 3.63) is 107 Å². The molecular weight excluding hydrogens is 472 g/mol. The van der Waals surface area contributed by atoms with Gasteiger partial charge in [0.05, 0.1) is 18.5 Å². The zero-order chi connectivity index (χ0) is 26.5. The predicted octanol–water partition coefficient (Wildman–Crippen LogP) is 5.64. The average molecular weight is 507 g/mol. The molecule has 38 heavy (non-hydrogen) atoms. The van der Waals surface area contributed by atoms with Crippen LogP contribution in [0.15, 0.2) is 84.9 Å². The first-order chi connectivity index (χ1) is 18.5. The summed E-state index contributed by atoms with van der Waals surface area (Å²) in [5, 5.41) is 4.91. The van der Waals surface area contributed by atoms with Crippen LogP contribution in [-0.4, -0.2) is 65.3 Å². The van der Waals surface area contributed by atoms with E-state index in [0.717, 1.165) is 47.9 Å². The van der Waals surface area contributed by atoms with Crippen molar-refractivity contribution in [2.75, 3.05) is 39.8 Å². The van der Waals surface area contributed by atoms with Gasteiger partial charge in [0.15, 0.2) is 0 Å². The van der Waals surface area contributed by atoms with Gasteiger partial charge in [0.2, 0.25) is 0 Å². The molecule has 0 saturated carbocycles. The molecule has 0 bridgehead atoms. The summed E-state index contributed by atoms with van der Waals surface area (Å²) in [5.41, 5.74) is 6.61. The number of ether oxygens (including phenoxy) is 1. The predicted molar refractivity (Wildman–Crippen MR) is 153 cm³/mol. The van der Waals surface area contributed by atoms with Crippen LogP contribution in [0.3, 0.4) is 0 Å². The summed E-state index contributed by atoms with van der Waals surface area (Å²) in [5.74, 6) is 0.764. The molecule has 1 aliphatic rings. The molecule has 0 N–H and O–H groups in total. The highest BCUT2D eigenvalue weighted by Gasteiger charge is 2.26. The van der Waals surface area contributed by atoms with Crippen LogP contribution in [-0.2, 0) is 0 Å². The number of carbonyl (C=O) groups excluding carboxylic acids is 1. The number of piperazine rings is 1. The molecule has 194 valence electrons. The molecule has 6 heteroatoms. The third kappa shape index (κ3) is 5.71. The van der Waals surface area contributed by atoms with Gasteiger partial charge in [0, 0.05) is 38.3 Å². The van der Waals surface area contributed by atoms with Gasteiger partial charge in [-0.1, -0.05) is 72.3 Å². The molecule has 2 heterocycles. The van der Waals surface area contributed by atoms with E-state index in [9.17, 15) is 4.79 Å². The molecule has 0 aliphatic carbocycles. The van der Waals surface area contributed by atoms with Crippen LogP contribution >= 0.6 is 0 Å². The number of carbonyl (C=O) groups is 1. The number of benzene rings is 3. The molecule has 0 radical (unpaired) electrons. The van der Waals surface area contributed by atoms with Crippen molar-refractivity contribution in [2.45, 2.75) is 13.8 Å². The lowest BCUT2D eigenvalue weighted by Crippen LogP contribution is -2.49. The van der Waals surface area contributed by atoms with Gasteiger partial charge in [0.1, 0.15) is 11.4 Å². The smallest absolute Gasteiger partial charge is 0.272 e. The van der Waals surface area contributed by atoms with E-state index < -0.39 is 0 Å². The number of aromatic nitrogens is 2. The van der Waals surface area contributed by atoms with Crippen molar-refractivity contribution in [3.8, 4) is 22.7 Å². The van der Waals surface area contributed by atoms with Crippen LogP contribution in [0.1, 0.15) is 27.2 Å². The van der Waals surface area contributed by atoms with Crippen LogP contribution in [0.25, 0.3) is 23.0 Å². The van der Waals surface area contributed by atoms with Gasteiger partial charge in [-0.3, -0.25) is 9.69 Å².